The zero-order chi connectivity index (χ0) is 22.1. The number of benzene rings is 2. The SMILES string of the molecule is CCn1c(-c2ccc3c(c2)OCCO3)cnc1S[C@@H](C)C(=O)Nc1ccc2c(c1)OCO2. The Morgan fingerprint density at radius 3 is 2.62 bits per heavy atom. The van der Waals surface area contributed by atoms with Crippen molar-refractivity contribution in [1.82, 2.24) is 9.55 Å². The molecular formula is C23H23N3O5S. The van der Waals surface area contributed by atoms with Gasteiger partial charge in [-0.15, -0.1) is 0 Å². The van der Waals surface area contributed by atoms with E-state index in [0.29, 0.717) is 30.4 Å². The average Bonchev–Trinajstić information content (AvgIpc) is 3.45. The van der Waals surface area contributed by atoms with Crippen LogP contribution in [-0.4, -0.2) is 40.7 Å². The van der Waals surface area contributed by atoms with Gasteiger partial charge in [0.2, 0.25) is 12.7 Å². The molecule has 5 rings (SSSR count). The summed E-state index contributed by atoms with van der Waals surface area (Å²) in [5.41, 5.74) is 2.63. The van der Waals surface area contributed by atoms with Crippen molar-refractivity contribution in [3.05, 3.63) is 42.6 Å². The number of hydrogen-bond donors (Lipinski definition) is 1. The second-order valence-electron chi connectivity index (χ2n) is 7.35. The Labute approximate surface area is 189 Å². The number of hydrogen-bond acceptors (Lipinski definition) is 7. The molecule has 0 spiro atoms. The van der Waals surface area contributed by atoms with Gasteiger partial charge in [-0.1, -0.05) is 11.8 Å². The van der Waals surface area contributed by atoms with E-state index in [2.05, 4.69) is 21.8 Å². The highest BCUT2D eigenvalue weighted by atomic mass is 32.2. The van der Waals surface area contributed by atoms with Crippen molar-refractivity contribution >= 4 is 23.4 Å². The maximum atomic E-state index is 12.8. The maximum Gasteiger partial charge on any atom is 0.237 e. The van der Waals surface area contributed by atoms with Crippen molar-refractivity contribution in [2.75, 3.05) is 25.3 Å². The van der Waals surface area contributed by atoms with Crippen LogP contribution in [0.3, 0.4) is 0 Å². The topological polar surface area (TPSA) is 83.8 Å². The van der Waals surface area contributed by atoms with Gasteiger partial charge in [-0.05, 0) is 44.2 Å². The highest BCUT2D eigenvalue weighted by Gasteiger charge is 2.21. The van der Waals surface area contributed by atoms with E-state index < -0.39 is 0 Å². The van der Waals surface area contributed by atoms with Gasteiger partial charge in [0.15, 0.2) is 28.2 Å². The number of carbonyl (C=O) groups excluding carboxylic acids is 1. The predicted octanol–water partition coefficient (Wildman–Crippen LogP) is 4.19. The van der Waals surface area contributed by atoms with Crippen LogP contribution in [0.4, 0.5) is 5.69 Å². The molecule has 166 valence electrons. The fraction of sp³-hybridized carbons (Fsp3) is 0.304. The van der Waals surface area contributed by atoms with Crippen LogP contribution in [0.1, 0.15) is 13.8 Å². The van der Waals surface area contributed by atoms with Crippen LogP contribution in [-0.2, 0) is 11.3 Å². The average molecular weight is 454 g/mol. The Morgan fingerprint density at radius 1 is 1.06 bits per heavy atom. The molecule has 32 heavy (non-hydrogen) atoms. The Balaban J connectivity index is 1.31. The minimum atomic E-state index is -0.346. The van der Waals surface area contributed by atoms with Crippen LogP contribution < -0.4 is 24.3 Å². The van der Waals surface area contributed by atoms with E-state index in [1.54, 1.807) is 18.2 Å². The minimum absolute atomic E-state index is 0.111. The molecule has 8 nitrogen and oxygen atoms in total. The number of thioether (sulfide) groups is 1. The summed E-state index contributed by atoms with van der Waals surface area (Å²) in [5, 5.41) is 3.38. The van der Waals surface area contributed by atoms with Gasteiger partial charge in [0.05, 0.1) is 17.1 Å². The number of aromatic nitrogens is 2. The van der Waals surface area contributed by atoms with Crippen LogP contribution in [0, 0.1) is 0 Å². The van der Waals surface area contributed by atoms with Crippen molar-refractivity contribution in [2.45, 2.75) is 30.8 Å². The fourth-order valence-corrected chi connectivity index (χ4v) is 4.57. The van der Waals surface area contributed by atoms with Gasteiger partial charge < -0.3 is 28.8 Å². The lowest BCUT2D eigenvalue weighted by Crippen LogP contribution is -2.23. The molecule has 0 aliphatic carbocycles. The third kappa shape index (κ3) is 3.95. The molecule has 0 fully saturated rings. The predicted molar refractivity (Wildman–Crippen MR) is 121 cm³/mol. The van der Waals surface area contributed by atoms with Gasteiger partial charge in [0, 0.05) is 23.9 Å². The van der Waals surface area contributed by atoms with Crippen molar-refractivity contribution in [1.29, 1.82) is 0 Å². The number of ether oxygens (including phenoxy) is 4. The molecule has 0 saturated carbocycles. The van der Waals surface area contributed by atoms with E-state index in [4.69, 9.17) is 18.9 Å². The molecule has 3 heterocycles. The highest BCUT2D eigenvalue weighted by Crippen LogP contribution is 2.37. The Kier molecular flexibility index (Phi) is 5.57. The Bertz CT molecular complexity index is 1160. The summed E-state index contributed by atoms with van der Waals surface area (Å²) in [5.74, 6) is 2.70. The zero-order valence-electron chi connectivity index (χ0n) is 17.8. The van der Waals surface area contributed by atoms with Gasteiger partial charge in [0.25, 0.3) is 0 Å². The second kappa shape index (κ2) is 8.66. The lowest BCUT2D eigenvalue weighted by Gasteiger charge is -2.19. The molecule has 0 radical (unpaired) electrons. The number of anilines is 1. The van der Waals surface area contributed by atoms with E-state index in [1.807, 2.05) is 31.3 Å². The molecule has 3 aromatic rings. The lowest BCUT2D eigenvalue weighted by atomic mass is 10.1. The van der Waals surface area contributed by atoms with Crippen LogP contribution in [0.25, 0.3) is 11.3 Å². The Hall–Kier alpha value is -3.33. The van der Waals surface area contributed by atoms with E-state index in [0.717, 1.165) is 34.5 Å². The number of carbonyl (C=O) groups is 1. The van der Waals surface area contributed by atoms with Crippen molar-refractivity contribution < 1.29 is 23.7 Å². The molecule has 0 saturated heterocycles. The summed E-state index contributed by atoms with van der Waals surface area (Å²) >= 11 is 1.42. The first kappa shape index (κ1) is 20.6. The van der Waals surface area contributed by atoms with Gasteiger partial charge in [-0.25, -0.2) is 4.98 Å². The van der Waals surface area contributed by atoms with Gasteiger partial charge >= 0.3 is 0 Å². The number of nitrogens with zero attached hydrogens (tertiary/aromatic N) is 2. The first-order valence-corrected chi connectivity index (χ1v) is 11.3. The lowest BCUT2D eigenvalue weighted by molar-refractivity contribution is -0.115. The number of amides is 1. The minimum Gasteiger partial charge on any atom is -0.486 e. The summed E-state index contributed by atoms with van der Waals surface area (Å²) < 4.78 is 24.1. The standard InChI is InChI=1S/C23H23N3O5S/c1-3-26-17(15-4-6-18-20(10-15)29-9-8-28-18)12-24-23(26)32-14(2)22(27)25-16-5-7-19-21(11-16)31-13-30-19/h4-7,10-12,14H,3,8-9,13H2,1-2H3,(H,25,27)/t14-/m0/s1. The second-order valence-corrected chi connectivity index (χ2v) is 8.65. The molecule has 1 atom stereocenters. The van der Waals surface area contributed by atoms with E-state index in [1.165, 1.54) is 11.8 Å². The van der Waals surface area contributed by atoms with E-state index in [9.17, 15) is 4.79 Å². The van der Waals surface area contributed by atoms with E-state index in [-0.39, 0.29) is 18.0 Å². The van der Waals surface area contributed by atoms with Crippen LogP contribution in [0.5, 0.6) is 23.0 Å². The molecule has 9 heteroatoms. The Morgan fingerprint density at radius 2 is 1.78 bits per heavy atom. The number of fused-ring (bicyclic) bond motifs is 2. The van der Waals surface area contributed by atoms with Crippen LogP contribution in [0.2, 0.25) is 0 Å². The third-order valence-electron chi connectivity index (χ3n) is 5.26. The summed E-state index contributed by atoms with van der Waals surface area (Å²) in [6.07, 6.45) is 1.83. The maximum absolute atomic E-state index is 12.8. The quantitative estimate of drug-likeness (QED) is 0.560. The van der Waals surface area contributed by atoms with E-state index >= 15 is 0 Å². The molecule has 2 aliphatic rings. The molecule has 0 unspecified atom stereocenters. The molecule has 1 amide bonds. The monoisotopic (exact) mass is 453 g/mol. The third-order valence-corrected chi connectivity index (χ3v) is 6.37. The molecule has 2 aromatic carbocycles. The summed E-state index contributed by atoms with van der Waals surface area (Å²) in [6.45, 7) is 5.95. The molecule has 1 N–H and O–H groups in total. The first-order valence-electron chi connectivity index (χ1n) is 10.4. The summed E-state index contributed by atoms with van der Waals surface area (Å²) in [7, 11) is 0. The highest BCUT2D eigenvalue weighted by molar-refractivity contribution is 8.00. The largest absolute Gasteiger partial charge is 0.486 e. The molecular weight excluding hydrogens is 430 g/mol. The van der Waals surface area contributed by atoms with Crippen LogP contribution in [0.15, 0.2) is 47.8 Å². The molecule has 0 bridgehead atoms. The zero-order valence-corrected chi connectivity index (χ0v) is 18.6. The fourth-order valence-electron chi connectivity index (χ4n) is 3.62. The normalized spacial score (nSPS) is 14.8. The van der Waals surface area contributed by atoms with Gasteiger partial charge in [0.1, 0.15) is 13.2 Å². The number of nitrogens with one attached hydrogen (secondary N) is 1. The molecule has 1 aromatic heterocycles. The smallest absolute Gasteiger partial charge is 0.237 e. The first-order chi connectivity index (χ1) is 15.6. The van der Waals surface area contributed by atoms with Crippen LogP contribution >= 0.6 is 11.8 Å². The molecule has 2 aliphatic heterocycles. The summed E-state index contributed by atoms with van der Waals surface area (Å²) in [6, 6.07) is 11.3. The summed E-state index contributed by atoms with van der Waals surface area (Å²) in [4.78, 5) is 17.4. The van der Waals surface area contributed by atoms with Gasteiger partial charge in [-0.2, -0.15) is 0 Å². The van der Waals surface area contributed by atoms with Crippen molar-refractivity contribution in [3.8, 4) is 34.3 Å². The van der Waals surface area contributed by atoms with Crippen molar-refractivity contribution in [3.63, 3.8) is 0 Å². The van der Waals surface area contributed by atoms with Crippen molar-refractivity contribution in [2.24, 2.45) is 0 Å². The van der Waals surface area contributed by atoms with Gasteiger partial charge in [-0.3, -0.25) is 4.79 Å². The number of rotatable bonds is 6. The number of imidazole rings is 1.